The highest BCUT2D eigenvalue weighted by Gasteiger charge is 2.32. The summed E-state index contributed by atoms with van der Waals surface area (Å²) in [6.07, 6.45) is 3.48. The van der Waals surface area contributed by atoms with Crippen LogP contribution in [0.15, 0.2) is 27.7 Å². The predicted molar refractivity (Wildman–Crippen MR) is 90.6 cm³/mol. The molecule has 0 radical (unpaired) electrons. The van der Waals surface area contributed by atoms with E-state index in [2.05, 4.69) is 0 Å². The molecule has 0 spiro atoms. The van der Waals surface area contributed by atoms with E-state index in [4.69, 9.17) is 21.4 Å². The number of carbonyl (C=O) groups is 2. The van der Waals surface area contributed by atoms with Crippen LogP contribution in [-0.2, 0) is 14.3 Å². The van der Waals surface area contributed by atoms with Crippen molar-refractivity contribution in [2.24, 2.45) is 0 Å². The van der Waals surface area contributed by atoms with E-state index >= 15 is 0 Å². The van der Waals surface area contributed by atoms with Gasteiger partial charge in [0, 0.05) is 32.1 Å². The van der Waals surface area contributed by atoms with Gasteiger partial charge in [-0.3, -0.25) is 14.5 Å². The molecule has 1 aromatic heterocycles. The standard InChI is InChI=1S/C15H16N2O4S2/c18-13(16-5-8-20-9-6-16)3-4-17-14(19)12(23-15(17)22)10-11-2-1-7-21-11/h1-2,7,10H,3-6,8-9H2. The minimum Gasteiger partial charge on any atom is -0.465 e. The molecule has 0 bridgehead atoms. The quantitative estimate of drug-likeness (QED) is 0.607. The normalized spacial score (nSPS) is 20.6. The molecule has 23 heavy (non-hydrogen) atoms. The van der Waals surface area contributed by atoms with Crippen LogP contribution in [0.25, 0.3) is 6.08 Å². The molecule has 2 saturated heterocycles. The lowest BCUT2D eigenvalue weighted by Gasteiger charge is -2.27. The van der Waals surface area contributed by atoms with Gasteiger partial charge < -0.3 is 14.1 Å². The molecule has 0 N–H and O–H groups in total. The summed E-state index contributed by atoms with van der Waals surface area (Å²) in [6, 6.07) is 3.53. The molecule has 8 heteroatoms. The lowest BCUT2D eigenvalue weighted by molar-refractivity contribution is -0.135. The highest BCUT2D eigenvalue weighted by molar-refractivity contribution is 8.26. The van der Waals surface area contributed by atoms with Crippen LogP contribution in [0.4, 0.5) is 0 Å². The smallest absolute Gasteiger partial charge is 0.266 e. The molecule has 2 amide bonds. The van der Waals surface area contributed by atoms with E-state index < -0.39 is 0 Å². The van der Waals surface area contributed by atoms with Gasteiger partial charge in [-0.2, -0.15) is 0 Å². The number of rotatable bonds is 4. The van der Waals surface area contributed by atoms with Crippen LogP contribution in [0, 0.1) is 0 Å². The number of ether oxygens (including phenoxy) is 1. The van der Waals surface area contributed by atoms with Gasteiger partial charge in [-0.15, -0.1) is 0 Å². The van der Waals surface area contributed by atoms with Crippen molar-refractivity contribution in [3.8, 4) is 0 Å². The number of nitrogens with zero attached hydrogens (tertiary/aromatic N) is 2. The first-order chi connectivity index (χ1) is 11.1. The van der Waals surface area contributed by atoms with Gasteiger partial charge in [0.05, 0.1) is 24.4 Å². The van der Waals surface area contributed by atoms with Crippen LogP contribution in [0.3, 0.4) is 0 Å². The average Bonchev–Trinajstić information content (AvgIpc) is 3.16. The van der Waals surface area contributed by atoms with E-state index in [9.17, 15) is 9.59 Å². The van der Waals surface area contributed by atoms with Crippen LogP contribution >= 0.6 is 24.0 Å². The highest BCUT2D eigenvalue weighted by Crippen LogP contribution is 2.32. The third kappa shape index (κ3) is 3.82. The largest absolute Gasteiger partial charge is 0.465 e. The second-order valence-electron chi connectivity index (χ2n) is 5.09. The monoisotopic (exact) mass is 352 g/mol. The maximum Gasteiger partial charge on any atom is 0.266 e. The fourth-order valence-corrected chi connectivity index (χ4v) is 3.66. The van der Waals surface area contributed by atoms with Crippen LogP contribution in [0.5, 0.6) is 0 Å². The van der Waals surface area contributed by atoms with Gasteiger partial charge in [0.2, 0.25) is 5.91 Å². The van der Waals surface area contributed by atoms with Crippen molar-refractivity contribution >= 4 is 46.2 Å². The third-order valence-electron chi connectivity index (χ3n) is 3.60. The molecule has 3 rings (SSSR count). The molecule has 2 fully saturated rings. The van der Waals surface area contributed by atoms with Crippen molar-refractivity contribution in [3.63, 3.8) is 0 Å². The second kappa shape index (κ2) is 7.29. The molecular weight excluding hydrogens is 336 g/mol. The van der Waals surface area contributed by atoms with Gasteiger partial charge in [-0.1, -0.05) is 24.0 Å². The van der Waals surface area contributed by atoms with Crippen molar-refractivity contribution in [1.82, 2.24) is 9.80 Å². The topological polar surface area (TPSA) is 63.0 Å². The van der Waals surface area contributed by atoms with Gasteiger partial charge in [-0.25, -0.2) is 0 Å². The van der Waals surface area contributed by atoms with E-state index in [1.165, 1.54) is 16.7 Å². The summed E-state index contributed by atoms with van der Waals surface area (Å²) in [4.78, 5) is 28.3. The Balaban J connectivity index is 1.58. The molecule has 122 valence electrons. The Morgan fingerprint density at radius 2 is 2.17 bits per heavy atom. The van der Waals surface area contributed by atoms with Crippen LogP contribution in [0.1, 0.15) is 12.2 Å². The summed E-state index contributed by atoms with van der Waals surface area (Å²) >= 11 is 6.48. The lowest BCUT2D eigenvalue weighted by atomic mass is 10.3. The van der Waals surface area contributed by atoms with Gasteiger partial charge in [0.1, 0.15) is 10.1 Å². The summed E-state index contributed by atoms with van der Waals surface area (Å²) in [5.74, 6) is 0.457. The zero-order valence-electron chi connectivity index (χ0n) is 12.4. The fourth-order valence-electron chi connectivity index (χ4n) is 2.37. The summed E-state index contributed by atoms with van der Waals surface area (Å²) in [7, 11) is 0. The number of furan rings is 1. The van der Waals surface area contributed by atoms with Gasteiger partial charge in [-0.05, 0) is 12.1 Å². The SMILES string of the molecule is O=C(CCN1C(=O)C(=Cc2ccco2)SC1=S)N1CCOCC1. The Bertz CT molecular complexity index is 636. The highest BCUT2D eigenvalue weighted by atomic mass is 32.2. The first-order valence-electron chi connectivity index (χ1n) is 7.29. The van der Waals surface area contributed by atoms with E-state index in [-0.39, 0.29) is 18.2 Å². The predicted octanol–water partition coefficient (Wildman–Crippen LogP) is 1.73. The molecular formula is C15H16N2O4S2. The van der Waals surface area contributed by atoms with Crippen LogP contribution in [0.2, 0.25) is 0 Å². The van der Waals surface area contributed by atoms with Gasteiger partial charge in [0.15, 0.2) is 0 Å². The molecule has 2 aliphatic heterocycles. The molecule has 6 nitrogen and oxygen atoms in total. The molecule has 3 heterocycles. The van der Waals surface area contributed by atoms with Crippen molar-refractivity contribution in [3.05, 3.63) is 29.1 Å². The number of thiocarbonyl (C=S) groups is 1. The zero-order chi connectivity index (χ0) is 16.2. The van der Waals surface area contributed by atoms with Gasteiger partial charge in [0.25, 0.3) is 5.91 Å². The van der Waals surface area contributed by atoms with E-state index in [0.29, 0.717) is 47.8 Å². The summed E-state index contributed by atoms with van der Waals surface area (Å²) in [5.41, 5.74) is 0. The zero-order valence-corrected chi connectivity index (χ0v) is 14.0. The minimum atomic E-state index is -0.175. The van der Waals surface area contributed by atoms with E-state index in [1.807, 2.05) is 0 Å². The van der Waals surface area contributed by atoms with Gasteiger partial charge >= 0.3 is 0 Å². The number of hydrogen-bond donors (Lipinski definition) is 0. The molecule has 0 saturated carbocycles. The maximum absolute atomic E-state index is 12.4. The Morgan fingerprint density at radius 3 is 2.87 bits per heavy atom. The molecule has 1 aromatic rings. The first kappa shape index (κ1) is 16.2. The summed E-state index contributed by atoms with van der Waals surface area (Å²) < 4.78 is 10.9. The Kier molecular flexibility index (Phi) is 5.14. The summed E-state index contributed by atoms with van der Waals surface area (Å²) in [6.45, 7) is 2.65. The average molecular weight is 352 g/mol. The first-order valence-corrected chi connectivity index (χ1v) is 8.52. The molecule has 2 aliphatic rings. The van der Waals surface area contributed by atoms with Crippen molar-refractivity contribution in [1.29, 1.82) is 0 Å². The molecule has 0 aliphatic carbocycles. The van der Waals surface area contributed by atoms with Crippen molar-refractivity contribution < 1.29 is 18.7 Å². The molecule has 0 aromatic carbocycles. The fraction of sp³-hybridized carbons (Fsp3) is 0.400. The molecule has 0 unspecified atom stereocenters. The maximum atomic E-state index is 12.4. The number of amides is 2. The van der Waals surface area contributed by atoms with E-state index in [0.717, 1.165) is 0 Å². The summed E-state index contributed by atoms with van der Waals surface area (Å²) in [5, 5.41) is 0. The Labute approximate surface area is 143 Å². The van der Waals surface area contributed by atoms with Crippen LogP contribution < -0.4 is 0 Å². The number of morpholine rings is 1. The molecule has 0 atom stereocenters. The minimum absolute atomic E-state index is 0.0253. The third-order valence-corrected chi connectivity index (χ3v) is 4.98. The Hall–Kier alpha value is -1.64. The number of thioether (sulfide) groups is 1. The Morgan fingerprint density at radius 1 is 1.39 bits per heavy atom. The lowest BCUT2D eigenvalue weighted by Crippen LogP contribution is -2.42. The number of carbonyl (C=O) groups excluding carboxylic acids is 2. The van der Waals surface area contributed by atoms with Crippen molar-refractivity contribution in [2.75, 3.05) is 32.8 Å². The van der Waals surface area contributed by atoms with Crippen molar-refractivity contribution in [2.45, 2.75) is 6.42 Å². The number of hydrogen-bond acceptors (Lipinski definition) is 6. The second-order valence-corrected chi connectivity index (χ2v) is 6.77. The van der Waals surface area contributed by atoms with E-state index in [1.54, 1.807) is 29.4 Å². The van der Waals surface area contributed by atoms with Crippen LogP contribution in [-0.4, -0.2) is 58.8 Å².